The molecule has 0 saturated heterocycles. The van der Waals surface area contributed by atoms with Crippen molar-refractivity contribution in [1.82, 2.24) is 5.32 Å². The molecule has 1 N–H and O–H groups in total. The van der Waals surface area contributed by atoms with Gasteiger partial charge in [0.15, 0.2) is 5.78 Å². The second-order valence-electron chi connectivity index (χ2n) is 3.96. The predicted octanol–water partition coefficient (Wildman–Crippen LogP) is 1.94. The normalized spacial score (nSPS) is 12.3. The maximum atomic E-state index is 11.2. The smallest absolute Gasteiger partial charge is 0.407 e. The van der Waals surface area contributed by atoms with E-state index in [1.54, 1.807) is 0 Å². The average molecular weight is 214 g/mol. The van der Waals surface area contributed by atoms with E-state index in [1.807, 2.05) is 13.8 Å². The number of hydrogen-bond donors (Lipinski definition) is 1. The summed E-state index contributed by atoms with van der Waals surface area (Å²) in [5.74, 6) is 0.474. The van der Waals surface area contributed by atoms with E-state index >= 15 is 0 Å². The Kier molecular flexibility index (Phi) is 6.58. The molecular formula is C11H20NO3+. The number of ether oxygens (including phenoxy) is 1. The van der Waals surface area contributed by atoms with Crippen LogP contribution in [0.2, 0.25) is 0 Å². The largest absolute Gasteiger partial charge is 0.453 e. The average Bonchev–Trinajstić information content (AvgIpc) is 2.16. The first-order chi connectivity index (χ1) is 6.99. The van der Waals surface area contributed by atoms with Crippen molar-refractivity contribution in [3.63, 3.8) is 0 Å². The number of Topliss-reactive ketones (excluding diaryl/α,β-unsaturated/α-hetero) is 1. The van der Waals surface area contributed by atoms with Crippen molar-refractivity contribution in [3.8, 4) is 0 Å². The fourth-order valence-corrected chi connectivity index (χ4v) is 1.36. The Bertz CT molecular complexity index is 196. The Morgan fingerprint density at radius 2 is 2.00 bits per heavy atom. The summed E-state index contributed by atoms with van der Waals surface area (Å²) in [5, 5.41) is 2.65. The monoisotopic (exact) mass is 214 g/mol. The van der Waals surface area contributed by atoms with Gasteiger partial charge < -0.3 is 10.1 Å². The summed E-state index contributed by atoms with van der Waals surface area (Å²) < 4.78 is 4.50. The van der Waals surface area contributed by atoms with Gasteiger partial charge in [-0.3, -0.25) is 4.79 Å². The lowest BCUT2D eigenvalue weighted by Gasteiger charge is -2.18. The summed E-state index contributed by atoms with van der Waals surface area (Å²) in [6.07, 6.45) is 0.868. The number of carbonyl (C=O) groups is 2. The summed E-state index contributed by atoms with van der Waals surface area (Å²) in [6.45, 7) is 7.61. The highest BCUT2D eigenvalue weighted by molar-refractivity contribution is 5.80. The molecule has 0 spiro atoms. The molecule has 1 amide bonds. The van der Waals surface area contributed by atoms with Crippen LogP contribution in [-0.4, -0.2) is 25.0 Å². The second kappa shape index (κ2) is 7.15. The fraction of sp³-hybridized carbons (Fsp3) is 0.727. The van der Waals surface area contributed by atoms with E-state index in [1.165, 1.54) is 7.11 Å². The summed E-state index contributed by atoms with van der Waals surface area (Å²) >= 11 is 0. The molecule has 0 aromatic rings. The molecule has 86 valence electrons. The molecule has 1 atom stereocenters. The maximum Gasteiger partial charge on any atom is 0.407 e. The maximum absolute atomic E-state index is 11.2. The molecule has 4 heteroatoms. The van der Waals surface area contributed by atoms with Gasteiger partial charge in [-0.1, -0.05) is 13.8 Å². The van der Waals surface area contributed by atoms with Crippen molar-refractivity contribution < 1.29 is 14.3 Å². The molecule has 0 aromatic heterocycles. The van der Waals surface area contributed by atoms with E-state index in [9.17, 15) is 9.59 Å². The Balaban J connectivity index is 4.17. The molecule has 0 aliphatic heterocycles. The number of hydrogen-bond acceptors (Lipinski definition) is 3. The van der Waals surface area contributed by atoms with Crippen LogP contribution in [0.5, 0.6) is 0 Å². The van der Waals surface area contributed by atoms with Crippen LogP contribution in [0.1, 0.15) is 33.1 Å². The minimum Gasteiger partial charge on any atom is -0.453 e. The first kappa shape index (κ1) is 13.8. The van der Waals surface area contributed by atoms with E-state index in [4.69, 9.17) is 0 Å². The molecule has 0 fully saturated rings. The number of carbonyl (C=O) groups excluding carboxylic acids is 2. The highest BCUT2D eigenvalue weighted by atomic mass is 16.5. The molecule has 0 bridgehead atoms. The molecule has 4 nitrogen and oxygen atoms in total. The van der Waals surface area contributed by atoms with Crippen LogP contribution in [0.4, 0.5) is 4.79 Å². The summed E-state index contributed by atoms with van der Waals surface area (Å²) in [5.41, 5.74) is 0. The van der Waals surface area contributed by atoms with E-state index < -0.39 is 6.09 Å². The van der Waals surface area contributed by atoms with Crippen LogP contribution in [0.15, 0.2) is 0 Å². The Hall–Kier alpha value is -1.19. The molecule has 0 rings (SSSR count). The number of alkyl carbamates (subject to hydrolysis) is 1. The molecule has 0 radical (unpaired) electrons. The molecule has 0 heterocycles. The lowest BCUT2D eigenvalue weighted by atomic mass is 9.99. The van der Waals surface area contributed by atoms with Crippen LogP contribution < -0.4 is 5.32 Å². The number of rotatable bonds is 6. The zero-order chi connectivity index (χ0) is 11.8. The van der Waals surface area contributed by atoms with E-state index in [0.29, 0.717) is 12.3 Å². The van der Waals surface area contributed by atoms with Crippen LogP contribution in [-0.2, 0) is 9.53 Å². The van der Waals surface area contributed by atoms with Gasteiger partial charge in [-0.25, -0.2) is 4.79 Å². The van der Waals surface area contributed by atoms with Crippen molar-refractivity contribution in [2.75, 3.05) is 7.11 Å². The van der Waals surface area contributed by atoms with Crippen LogP contribution >= 0.6 is 0 Å². The Morgan fingerprint density at radius 3 is 2.40 bits per heavy atom. The standard InChI is InChI=1S/C11H19NO3/c1-5-10(13)7-9(6-8(2)3)12-11(14)15-4/h8-9H,1,5-7H2,2-4H3/p+1. The molecule has 0 aliphatic rings. The van der Waals surface area contributed by atoms with Gasteiger partial charge in [0.05, 0.1) is 14.0 Å². The Morgan fingerprint density at radius 1 is 1.40 bits per heavy atom. The van der Waals surface area contributed by atoms with Gasteiger partial charge in [-0.2, -0.15) is 0 Å². The first-order valence-electron chi connectivity index (χ1n) is 5.15. The zero-order valence-corrected chi connectivity index (χ0v) is 9.71. The predicted molar refractivity (Wildman–Crippen MR) is 58.4 cm³/mol. The van der Waals surface area contributed by atoms with Gasteiger partial charge in [0.1, 0.15) is 6.42 Å². The first-order valence-corrected chi connectivity index (χ1v) is 5.15. The third-order valence-corrected chi connectivity index (χ3v) is 2.02. The van der Waals surface area contributed by atoms with Crippen molar-refractivity contribution in [3.05, 3.63) is 6.92 Å². The Labute approximate surface area is 91.4 Å². The SMILES string of the molecule is [CH2+]CC(=O)CC(CC(C)C)NC(=O)OC. The third kappa shape index (κ3) is 6.82. The number of methoxy groups -OCH3 is 1. The highest BCUT2D eigenvalue weighted by Crippen LogP contribution is 2.09. The van der Waals surface area contributed by atoms with Crippen LogP contribution in [0.3, 0.4) is 0 Å². The van der Waals surface area contributed by atoms with Crippen LogP contribution in [0.25, 0.3) is 0 Å². The minimum absolute atomic E-state index is 0.0528. The molecule has 0 aliphatic carbocycles. The van der Waals surface area contributed by atoms with E-state index in [0.717, 1.165) is 6.42 Å². The number of ketones is 1. The van der Waals surface area contributed by atoms with Gasteiger partial charge >= 0.3 is 6.09 Å². The second-order valence-corrected chi connectivity index (χ2v) is 3.96. The van der Waals surface area contributed by atoms with Crippen molar-refractivity contribution in [2.24, 2.45) is 5.92 Å². The lowest BCUT2D eigenvalue weighted by Crippen LogP contribution is -2.37. The molecule has 0 aromatic carbocycles. The van der Waals surface area contributed by atoms with Gasteiger partial charge in [-0.15, -0.1) is 0 Å². The van der Waals surface area contributed by atoms with Crippen molar-refractivity contribution in [2.45, 2.75) is 39.2 Å². The van der Waals surface area contributed by atoms with Crippen molar-refractivity contribution >= 4 is 11.9 Å². The van der Waals surface area contributed by atoms with Gasteiger partial charge in [0.2, 0.25) is 0 Å². The minimum atomic E-state index is -0.488. The van der Waals surface area contributed by atoms with Crippen LogP contribution in [0, 0.1) is 12.8 Å². The third-order valence-electron chi connectivity index (χ3n) is 2.02. The number of nitrogens with one attached hydrogen (secondary N) is 1. The molecule has 1 unspecified atom stereocenters. The van der Waals surface area contributed by atoms with Gasteiger partial charge in [-0.05, 0) is 12.3 Å². The summed E-state index contributed by atoms with van der Waals surface area (Å²) in [6, 6.07) is -0.147. The van der Waals surface area contributed by atoms with E-state index in [-0.39, 0.29) is 18.2 Å². The topological polar surface area (TPSA) is 55.4 Å². The molecular weight excluding hydrogens is 194 g/mol. The fourth-order valence-electron chi connectivity index (χ4n) is 1.36. The highest BCUT2D eigenvalue weighted by Gasteiger charge is 2.18. The molecule has 15 heavy (non-hydrogen) atoms. The number of amides is 1. The van der Waals surface area contributed by atoms with Gasteiger partial charge in [0, 0.05) is 12.5 Å². The van der Waals surface area contributed by atoms with Gasteiger partial charge in [0.25, 0.3) is 0 Å². The summed E-state index contributed by atoms with van der Waals surface area (Å²) in [4.78, 5) is 22.2. The van der Waals surface area contributed by atoms with Crippen molar-refractivity contribution in [1.29, 1.82) is 0 Å². The quantitative estimate of drug-likeness (QED) is 0.687. The van der Waals surface area contributed by atoms with E-state index in [2.05, 4.69) is 17.0 Å². The zero-order valence-electron chi connectivity index (χ0n) is 9.71. The lowest BCUT2D eigenvalue weighted by molar-refractivity contribution is -0.118. The summed E-state index contributed by atoms with van der Waals surface area (Å²) in [7, 11) is 1.31. The molecule has 0 saturated carbocycles.